The van der Waals surface area contributed by atoms with Gasteiger partial charge in [0.1, 0.15) is 5.69 Å². The first-order valence-corrected chi connectivity index (χ1v) is 2.89. The molecule has 1 aromatic heterocycles. The lowest BCUT2D eigenvalue weighted by Crippen LogP contribution is -2.04. The van der Waals surface area contributed by atoms with Crippen LogP contribution < -0.4 is 0 Å². The molecule has 1 aromatic rings. The molecule has 0 atom stereocenters. The van der Waals surface area contributed by atoms with Crippen LogP contribution >= 0.6 is 0 Å². The predicted octanol–water partition coefficient (Wildman–Crippen LogP) is 2.50. The normalized spacial score (nSPS) is 11.2. The third-order valence-electron chi connectivity index (χ3n) is 1.16. The summed E-state index contributed by atoms with van der Waals surface area (Å²) < 4.78 is 35.8. The van der Waals surface area contributed by atoms with Gasteiger partial charge >= 0.3 is 6.18 Å². The van der Waals surface area contributed by atoms with Gasteiger partial charge in [-0.3, -0.25) is 4.98 Å². The van der Waals surface area contributed by atoms with Crippen LogP contribution in [0.1, 0.15) is 5.56 Å². The highest BCUT2D eigenvalue weighted by Gasteiger charge is 2.31. The SMILES string of the molecule is O=Nc1cncc(C(F)(F)F)c1. The molecule has 0 spiro atoms. The Hall–Kier alpha value is -1.46. The van der Waals surface area contributed by atoms with E-state index in [1.54, 1.807) is 0 Å². The predicted molar refractivity (Wildman–Crippen MR) is 34.7 cm³/mol. The Morgan fingerprint density at radius 3 is 2.50 bits per heavy atom. The monoisotopic (exact) mass is 176 g/mol. The summed E-state index contributed by atoms with van der Waals surface area (Å²) in [6.45, 7) is 0. The van der Waals surface area contributed by atoms with Crippen molar-refractivity contribution in [2.45, 2.75) is 6.18 Å². The lowest BCUT2D eigenvalue weighted by Gasteiger charge is -2.04. The first-order valence-electron chi connectivity index (χ1n) is 2.89. The molecule has 0 fully saturated rings. The molecular weight excluding hydrogens is 173 g/mol. The molecule has 0 aliphatic heterocycles. The average molecular weight is 176 g/mol. The fourth-order valence-corrected chi connectivity index (χ4v) is 0.633. The molecule has 3 nitrogen and oxygen atoms in total. The van der Waals surface area contributed by atoms with Crippen LogP contribution in [0.3, 0.4) is 0 Å². The third-order valence-corrected chi connectivity index (χ3v) is 1.16. The average Bonchev–Trinajstić information content (AvgIpc) is 2.03. The zero-order chi connectivity index (χ0) is 9.19. The molecule has 0 radical (unpaired) electrons. The maximum atomic E-state index is 11.9. The highest BCUT2D eigenvalue weighted by molar-refractivity contribution is 5.36. The van der Waals surface area contributed by atoms with Gasteiger partial charge < -0.3 is 0 Å². The maximum absolute atomic E-state index is 11.9. The number of alkyl halides is 3. The van der Waals surface area contributed by atoms with Crippen LogP contribution in [0.4, 0.5) is 18.9 Å². The van der Waals surface area contributed by atoms with Crippen molar-refractivity contribution in [3.05, 3.63) is 28.9 Å². The number of hydrogen-bond donors (Lipinski definition) is 0. The molecule has 0 aliphatic carbocycles. The van der Waals surface area contributed by atoms with Gasteiger partial charge in [-0.2, -0.15) is 13.2 Å². The molecule has 0 unspecified atom stereocenters. The van der Waals surface area contributed by atoms with E-state index in [1.807, 2.05) is 0 Å². The Morgan fingerprint density at radius 1 is 1.33 bits per heavy atom. The zero-order valence-electron chi connectivity index (χ0n) is 5.67. The molecule has 1 rings (SSSR count). The van der Waals surface area contributed by atoms with Crippen LogP contribution in [-0.2, 0) is 6.18 Å². The second-order valence-electron chi connectivity index (χ2n) is 2.02. The van der Waals surface area contributed by atoms with Crippen LogP contribution in [0.5, 0.6) is 0 Å². The molecule has 1 heterocycles. The first kappa shape index (κ1) is 8.63. The number of hydrogen-bond acceptors (Lipinski definition) is 3. The summed E-state index contributed by atoms with van der Waals surface area (Å²) in [6, 6.07) is 0.639. The summed E-state index contributed by atoms with van der Waals surface area (Å²) in [5.74, 6) is 0. The van der Waals surface area contributed by atoms with Crippen LogP contribution in [-0.4, -0.2) is 4.98 Å². The number of nitrogens with zero attached hydrogens (tertiary/aromatic N) is 2. The fraction of sp³-hybridized carbons (Fsp3) is 0.167. The molecule has 0 saturated carbocycles. The van der Waals surface area contributed by atoms with E-state index in [1.165, 1.54) is 0 Å². The van der Waals surface area contributed by atoms with Gasteiger partial charge in [0.2, 0.25) is 0 Å². The van der Waals surface area contributed by atoms with Crippen molar-refractivity contribution in [1.82, 2.24) is 4.98 Å². The summed E-state index contributed by atoms with van der Waals surface area (Å²) in [5, 5.41) is 2.33. The molecule has 0 bridgehead atoms. The van der Waals surface area contributed by atoms with E-state index in [2.05, 4.69) is 10.2 Å². The van der Waals surface area contributed by atoms with Crippen molar-refractivity contribution >= 4 is 5.69 Å². The molecular formula is C6H3F3N2O. The second-order valence-corrected chi connectivity index (χ2v) is 2.02. The standard InChI is InChI=1S/C6H3F3N2O/c7-6(8,9)4-1-5(11-12)3-10-2-4/h1-3H. The number of rotatable bonds is 1. The summed E-state index contributed by atoms with van der Waals surface area (Å²) in [5.41, 5.74) is -1.30. The lowest BCUT2D eigenvalue weighted by molar-refractivity contribution is -0.137. The van der Waals surface area contributed by atoms with Crippen molar-refractivity contribution in [3.63, 3.8) is 0 Å². The van der Waals surface area contributed by atoms with Crippen LogP contribution in [0.2, 0.25) is 0 Å². The minimum atomic E-state index is -4.48. The number of nitroso groups, excluding NO2 is 1. The Bertz CT molecular complexity index is 297. The molecule has 6 heteroatoms. The maximum Gasteiger partial charge on any atom is 0.417 e. The fourth-order valence-electron chi connectivity index (χ4n) is 0.633. The highest BCUT2D eigenvalue weighted by Crippen LogP contribution is 2.30. The van der Waals surface area contributed by atoms with E-state index in [0.717, 1.165) is 6.20 Å². The van der Waals surface area contributed by atoms with E-state index in [0.29, 0.717) is 12.3 Å². The van der Waals surface area contributed by atoms with Crippen molar-refractivity contribution in [2.75, 3.05) is 0 Å². The van der Waals surface area contributed by atoms with Crippen LogP contribution in [0.25, 0.3) is 0 Å². The van der Waals surface area contributed by atoms with E-state index >= 15 is 0 Å². The van der Waals surface area contributed by atoms with E-state index < -0.39 is 11.7 Å². The Morgan fingerprint density at radius 2 is 2.00 bits per heavy atom. The molecule has 0 saturated heterocycles. The molecule has 12 heavy (non-hydrogen) atoms. The molecule has 0 N–H and O–H groups in total. The minimum absolute atomic E-state index is 0.329. The Kier molecular flexibility index (Phi) is 2.07. The third kappa shape index (κ3) is 1.77. The van der Waals surface area contributed by atoms with Gasteiger partial charge in [0, 0.05) is 6.20 Å². The van der Waals surface area contributed by atoms with Crippen molar-refractivity contribution in [1.29, 1.82) is 0 Å². The summed E-state index contributed by atoms with van der Waals surface area (Å²) in [4.78, 5) is 13.0. The zero-order valence-corrected chi connectivity index (χ0v) is 5.67. The summed E-state index contributed by atoms with van der Waals surface area (Å²) >= 11 is 0. The minimum Gasteiger partial charge on any atom is -0.262 e. The van der Waals surface area contributed by atoms with Gasteiger partial charge in [-0.15, -0.1) is 4.91 Å². The second kappa shape index (κ2) is 2.88. The molecule has 64 valence electrons. The number of halogens is 3. The van der Waals surface area contributed by atoms with E-state index in [-0.39, 0.29) is 5.69 Å². The van der Waals surface area contributed by atoms with Gasteiger partial charge in [-0.25, -0.2) is 0 Å². The smallest absolute Gasteiger partial charge is 0.262 e. The first-order chi connectivity index (χ1) is 5.54. The Balaban J connectivity index is 3.10. The van der Waals surface area contributed by atoms with Crippen molar-refractivity contribution in [3.8, 4) is 0 Å². The molecule has 0 aliphatic rings. The topological polar surface area (TPSA) is 42.3 Å². The summed E-state index contributed by atoms with van der Waals surface area (Å²) in [7, 11) is 0. The summed E-state index contributed by atoms with van der Waals surface area (Å²) in [6.07, 6.45) is -2.88. The quantitative estimate of drug-likeness (QED) is 0.617. The van der Waals surface area contributed by atoms with Crippen molar-refractivity contribution < 1.29 is 13.2 Å². The van der Waals surface area contributed by atoms with Crippen LogP contribution in [0, 0.1) is 4.91 Å². The van der Waals surface area contributed by atoms with E-state index in [9.17, 15) is 18.1 Å². The highest BCUT2D eigenvalue weighted by atomic mass is 19.4. The lowest BCUT2D eigenvalue weighted by atomic mass is 10.2. The number of aromatic nitrogens is 1. The van der Waals surface area contributed by atoms with Crippen LogP contribution in [0.15, 0.2) is 23.6 Å². The van der Waals surface area contributed by atoms with Gasteiger partial charge in [0.25, 0.3) is 0 Å². The number of pyridine rings is 1. The molecule has 0 amide bonds. The van der Waals surface area contributed by atoms with Gasteiger partial charge in [-0.1, -0.05) is 0 Å². The van der Waals surface area contributed by atoms with Crippen molar-refractivity contribution in [2.24, 2.45) is 5.18 Å². The van der Waals surface area contributed by atoms with Gasteiger partial charge in [0.05, 0.1) is 11.8 Å². The molecule has 0 aromatic carbocycles. The van der Waals surface area contributed by atoms with Gasteiger partial charge in [0.15, 0.2) is 0 Å². The Labute approximate surface area is 65.2 Å². The van der Waals surface area contributed by atoms with Gasteiger partial charge in [-0.05, 0) is 11.2 Å². The largest absolute Gasteiger partial charge is 0.417 e. The van der Waals surface area contributed by atoms with E-state index in [4.69, 9.17) is 0 Å².